The average molecular weight is 321 g/mol. The molecule has 2 heterocycles. The van der Waals surface area contributed by atoms with Gasteiger partial charge in [-0.1, -0.05) is 11.3 Å². The zero-order chi connectivity index (χ0) is 15.4. The Hall–Kier alpha value is -2.19. The highest BCUT2D eigenvalue weighted by molar-refractivity contribution is 7.15. The van der Waals surface area contributed by atoms with Gasteiger partial charge in [0.25, 0.3) is 5.91 Å². The van der Waals surface area contributed by atoms with Crippen molar-refractivity contribution in [2.24, 2.45) is 0 Å². The minimum atomic E-state index is -0.259. The quantitative estimate of drug-likeness (QED) is 0.821. The lowest BCUT2D eigenvalue weighted by Crippen LogP contribution is -2.11. The molecule has 3 rings (SSSR count). The monoisotopic (exact) mass is 321 g/mol. The number of carbonyl (C=O) groups is 1. The van der Waals surface area contributed by atoms with E-state index in [1.165, 1.54) is 11.3 Å². The topological polar surface area (TPSA) is 82.6 Å². The molecule has 1 N–H and O–H groups in total. The van der Waals surface area contributed by atoms with Gasteiger partial charge in [-0.15, -0.1) is 10.2 Å². The largest absolute Gasteiger partial charge is 0.454 e. The summed E-state index contributed by atoms with van der Waals surface area (Å²) in [5.74, 6) is 0.957. The highest BCUT2D eigenvalue weighted by Gasteiger charge is 2.17. The smallest absolute Gasteiger partial charge is 0.257 e. The number of carbonyl (C=O) groups excluding carboxylic acids is 1. The van der Waals surface area contributed by atoms with Gasteiger partial charge < -0.3 is 14.2 Å². The minimum Gasteiger partial charge on any atom is -0.454 e. The van der Waals surface area contributed by atoms with Crippen LogP contribution in [0.4, 0.5) is 5.13 Å². The summed E-state index contributed by atoms with van der Waals surface area (Å²) in [5.41, 5.74) is 0.482. The van der Waals surface area contributed by atoms with E-state index in [9.17, 15) is 4.79 Å². The van der Waals surface area contributed by atoms with E-state index in [-0.39, 0.29) is 12.7 Å². The molecular weight excluding hydrogens is 306 g/mol. The Labute approximate surface area is 131 Å². The number of fused-ring (bicyclic) bond motifs is 1. The van der Waals surface area contributed by atoms with Crippen molar-refractivity contribution < 1.29 is 19.0 Å². The second kappa shape index (κ2) is 6.71. The molecule has 8 heteroatoms. The lowest BCUT2D eigenvalue weighted by Gasteiger charge is -2.02. The second-order valence-corrected chi connectivity index (χ2v) is 5.53. The van der Waals surface area contributed by atoms with E-state index in [4.69, 9.17) is 14.2 Å². The molecular formula is C14H15N3O4S. The Bertz CT molecular complexity index is 674. The molecule has 1 aliphatic rings. The zero-order valence-corrected chi connectivity index (χ0v) is 12.8. The van der Waals surface area contributed by atoms with Crippen LogP contribution in [-0.4, -0.2) is 36.1 Å². The molecule has 1 aliphatic heterocycles. The zero-order valence-electron chi connectivity index (χ0n) is 12.0. The van der Waals surface area contributed by atoms with Crippen molar-refractivity contribution in [3.05, 3.63) is 28.8 Å². The van der Waals surface area contributed by atoms with Crippen LogP contribution in [0.2, 0.25) is 0 Å². The number of hydrogen-bond donors (Lipinski definition) is 1. The lowest BCUT2D eigenvalue weighted by molar-refractivity contribution is 0.102. The molecule has 2 aromatic rings. The van der Waals surface area contributed by atoms with Gasteiger partial charge in [0.1, 0.15) is 5.01 Å². The van der Waals surface area contributed by atoms with Crippen molar-refractivity contribution in [1.29, 1.82) is 0 Å². The third kappa shape index (κ3) is 3.34. The van der Waals surface area contributed by atoms with Crippen molar-refractivity contribution in [3.8, 4) is 11.5 Å². The van der Waals surface area contributed by atoms with E-state index in [0.29, 0.717) is 41.8 Å². The summed E-state index contributed by atoms with van der Waals surface area (Å²) < 4.78 is 15.7. The Kier molecular flexibility index (Phi) is 4.50. The summed E-state index contributed by atoms with van der Waals surface area (Å²) in [4.78, 5) is 12.2. The van der Waals surface area contributed by atoms with Crippen molar-refractivity contribution in [3.63, 3.8) is 0 Å². The number of benzene rings is 1. The summed E-state index contributed by atoms with van der Waals surface area (Å²) in [6, 6.07) is 5.04. The molecule has 0 bridgehead atoms. The molecule has 22 heavy (non-hydrogen) atoms. The van der Waals surface area contributed by atoms with E-state index in [1.807, 2.05) is 6.92 Å². The van der Waals surface area contributed by atoms with Crippen LogP contribution in [0.1, 0.15) is 22.3 Å². The van der Waals surface area contributed by atoms with Crippen LogP contribution in [0.15, 0.2) is 18.2 Å². The van der Waals surface area contributed by atoms with Gasteiger partial charge >= 0.3 is 0 Å². The first-order valence-corrected chi connectivity index (χ1v) is 7.69. The molecule has 0 spiro atoms. The summed E-state index contributed by atoms with van der Waals surface area (Å²) in [6.07, 6.45) is 0.686. The van der Waals surface area contributed by atoms with Gasteiger partial charge in [0.05, 0.1) is 6.61 Å². The SMILES string of the molecule is CCOCCc1nnc(NC(=O)c2ccc3c(c2)OCO3)s1. The second-order valence-electron chi connectivity index (χ2n) is 4.47. The normalized spacial score (nSPS) is 12.4. The number of rotatable bonds is 6. The first kappa shape index (κ1) is 14.7. The fraction of sp³-hybridized carbons (Fsp3) is 0.357. The highest BCUT2D eigenvalue weighted by atomic mass is 32.1. The number of hydrogen-bond acceptors (Lipinski definition) is 7. The molecule has 0 radical (unpaired) electrons. The molecule has 0 fully saturated rings. The number of amides is 1. The van der Waals surface area contributed by atoms with Gasteiger partial charge in [0.2, 0.25) is 11.9 Å². The number of nitrogens with zero attached hydrogens (tertiary/aromatic N) is 2. The summed E-state index contributed by atoms with van der Waals surface area (Å²) in [7, 11) is 0. The maximum atomic E-state index is 12.2. The highest BCUT2D eigenvalue weighted by Crippen LogP contribution is 2.32. The fourth-order valence-corrected chi connectivity index (χ4v) is 2.63. The first-order chi connectivity index (χ1) is 10.8. The van der Waals surface area contributed by atoms with E-state index in [2.05, 4.69) is 15.5 Å². The molecule has 1 amide bonds. The fourth-order valence-electron chi connectivity index (χ4n) is 1.92. The Morgan fingerprint density at radius 2 is 2.23 bits per heavy atom. The third-order valence-corrected chi connectivity index (χ3v) is 3.88. The molecule has 1 aromatic carbocycles. The van der Waals surface area contributed by atoms with Crippen molar-refractivity contribution in [1.82, 2.24) is 10.2 Å². The predicted octanol–water partition coefficient (Wildman–Crippen LogP) is 2.10. The lowest BCUT2D eigenvalue weighted by atomic mass is 10.2. The predicted molar refractivity (Wildman–Crippen MR) is 80.6 cm³/mol. The molecule has 0 unspecified atom stereocenters. The van der Waals surface area contributed by atoms with E-state index >= 15 is 0 Å². The van der Waals surface area contributed by atoms with Gasteiger partial charge in [0.15, 0.2) is 11.5 Å². The van der Waals surface area contributed by atoms with Crippen LogP contribution in [0.25, 0.3) is 0 Å². The van der Waals surface area contributed by atoms with Crippen LogP contribution < -0.4 is 14.8 Å². The standard InChI is InChI=1S/C14H15N3O4S/c1-2-19-6-5-12-16-17-14(22-12)15-13(18)9-3-4-10-11(7-9)21-8-20-10/h3-4,7H,2,5-6,8H2,1H3,(H,15,17,18). The van der Waals surface area contributed by atoms with Gasteiger partial charge in [-0.25, -0.2) is 0 Å². The number of ether oxygens (including phenoxy) is 3. The van der Waals surface area contributed by atoms with Crippen molar-refractivity contribution >= 4 is 22.4 Å². The van der Waals surface area contributed by atoms with Crippen LogP contribution in [0, 0.1) is 0 Å². The van der Waals surface area contributed by atoms with Crippen LogP contribution in [0.5, 0.6) is 11.5 Å². The molecule has 0 saturated heterocycles. The summed E-state index contributed by atoms with van der Waals surface area (Å²) in [5, 5.41) is 12.0. The third-order valence-electron chi connectivity index (χ3n) is 2.99. The summed E-state index contributed by atoms with van der Waals surface area (Å²) in [6.45, 7) is 3.39. The van der Waals surface area contributed by atoms with Gasteiger partial charge in [-0.05, 0) is 25.1 Å². The van der Waals surface area contributed by atoms with Crippen molar-refractivity contribution in [2.45, 2.75) is 13.3 Å². The van der Waals surface area contributed by atoms with E-state index in [0.717, 1.165) is 5.01 Å². The first-order valence-electron chi connectivity index (χ1n) is 6.87. The maximum absolute atomic E-state index is 12.2. The summed E-state index contributed by atoms with van der Waals surface area (Å²) >= 11 is 1.34. The van der Waals surface area contributed by atoms with Crippen LogP contribution >= 0.6 is 11.3 Å². The van der Waals surface area contributed by atoms with E-state index < -0.39 is 0 Å². The molecule has 7 nitrogen and oxygen atoms in total. The number of aromatic nitrogens is 2. The van der Waals surface area contributed by atoms with Crippen molar-refractivity contribution in [2.75, 3.05) is 25.3 Å². The molecule has 116 valence electrons. The van der Waals surface area contributed by atoms with Gasteiger partial charge in [-0.2, -0.15) is 0 Å². The minimum absolute atomic E-state index is 0.181. The molecule has 0 saturated carbocycles. The molecule has 0 atom stereocenters. The van der Waals surface area contributed by atoms with Gasteiger partial charge in [0, 0.05) is 18.6 Å². The Morgan fingerprint density at radius 3 is 3.09 bits per heavy atom. The van der Waals surface area contributed by atoms with E-state index in [1.54, 1.807) is 18.2 Å². The number of anilines is 1. The number of nitrogens with one attached hydrogen (secondary N) is 1. The molecule has 1 aromatic heterocycles. The van der Waals surface area contributed by atoms with Crippen LogP contribution in [0.3, 0.4) is 0 Å². The van der Waals surface area contributed by atoms with Gasteiger partial charge in [-0.3, -0.25) is 10.1 Å². The van der Waals surface area contributed by atoms with Crippen LogP contribution in [-0.2, 0) is 11.2 Å². The Balaban J connectivity index is 1.62. The maximum Gasteiger partial charge on any atom is 0.257 e. The molecule has 0 aliphatic carbocycles. The Morgan fingerprint density at radius 1 is 1.36 bits per heavy atom. The average Bonchev–Trinajstić information content (AvgIpc) is 3.15.